The van der Waals surface area contributed by atoms with Gasteiger partial charge in [-0.25, -0.2) is 0 Å². The molecule has 1 amide bonds. The molecule has 3 aromatic rings. The van der Waals surface area contributed by atoms with E-state index in [0.717, 1.165) is 27.7 Å². The van der Waals surface area contributed by atoms with Gasteiger partial charge in [-0.05, 0) is 63.9 Å². The fourth-order valence-electron chi connectivity index (χ4n) is 2.92. The minimum absolute atomic E-state index is 0.105. The monoisotopic (exact) mass is 321 g/mol. The van der Waals surface area contributed by atoms with E-state index in [1.165, 1.54) is 5.56 Å². The van der Waals surface area contributed by atoms with Gasteiger partial charge in [0, 0.05) is 22.8 Å². The molecule has 0 saturated heterocycles. The summed E-state index contributed by atoms with van der Waals surface area (Å²) in [5.41, 5.74) is 5.19. The van der Waals surface area contributed by atoms with Gasteiger partial charge in [-0.2, -0.15) is 0 Å². The molecule has 4 nitrogen and oxygen atoms in total. The predicted octanol–water partition coefficient (Wildman–Crippen LogP) is 4.15. The molecule has 0 saturated carbocycles. The quantitative estimate of drug-likeness (QED) is 0.761. The van der Waals surface area contributed by atoms with Gasteiger partial charge in [0.1, 0.15) is 5.69 Å². The molecule has 0 fully saturated rings. The second-order valence-corrected chi connectivity index (χ2v) is 6.94. The predicted molar refractivity (Wildman–Crippen MR) is 97.2 cm³/mol. The first kappa shape index (κ1) is 16.2. The molecular weight excluding hydrogens is 298 g/mol. The average molecular weight is 321 g/mol. The van der Waals surface area contributed by atoms with E-state index >= 15 is 0 Å². The SMILES string of the molecule is Cc1ccc2[nH]c(C(=O)NC(C)(C)c3ccc(C)nc3)c(C)c2c1. The van der Waals surface area contributed by atoms with Gasteiger partial charge in [-0.1, -0.05) is 17.7 Å². The summed E-state index contributed by atoms with van der Waals surface area (Å²) in [6.07, 6.45) is 1.82. The molecule has 0 bridgehead atoms. The van der Waals surface area contributed by atoms with Crippen molar-refractivity contribution in [2.24, 2.45) is 0 Å². The third-order valence-electron chi connectivity index (χ3n) is 4.50. The maximum atomic E-state index is 12.8. The van der Waals surface area contributed by atoms with Crippen LogP contribution >= 0.6 is 0 Å². The first-order chi connectivity index (χ1) is 11.3. The highest BCUT2D eigenvalue weighted by Crippen LogP contribution is 2.25. The van der Waals surface area contributed by atoms with Gasteiger partial charge in [0.25, 0.3) is 5.91 Å². The van der Waals surface area contributed by atoms with Gasteiger partial charge in [0.05, 0.1) is 5.54 Å². The summed E-state index contributed by atoms with van der Waals surface area (Å²) in [4.78, 5) is 20.4. The van der Waals surface area contributed by atoms with Gasteiger partial charge in [-0.15, -0.1) is 0 Å². The minimum atomic E-state index is -0.503. The zero-order valence-corrected chi connectivity index (χ0v) is 14.8. The number of aromatic amines is 1. The van der Waals surface area contributed by atoms with E-state index in [0.29, 0.717) is 5.69 Å². The van der Waals surface area contributed by atoms with E-state index in [-0.39, 0.29) is 5.91 Å². The molecule has 2 heterocycles. The van der Waals surface area contributed by atoms with Crippen LogP contribution in [-0.4, -0.2) is 15.9 Å². The highest BCUT2D eigenvalue weighted by molar-refractivity contribution is 6.01. The molecule has 0 unspecified atom stereocenters. The molecule has 0 atom stereocenters. The van der Waals surface area contributed by atoms with E-state index in [1.54, 1.807) is 0 Å². The van der Waals surface area contributed by atoms with Gasteiger partial charge in [-0.3, -0.25) is 9.78 Å². The van der Waals surface area contributed by atoms with Crippen LogP contribution in [-0.2, 0) is 5.54 Å². The molecule has 0 aliphatic carbocycles. The van der Waals surface area contributed by atoms with Crippen LogP contribution in [0.15, 0.2) is 36.5 Å². The Bertz CT molecular complexity index is 905. The lowest BCUT2D eigenvalue weighted by Crippen LogP contribution is -2.41. The van der Waals surface area contributed by atoms with Crippen molar-refractivity contribution in [3.8, 4) is 0 Å². The number of rotatable bonds is 3. The van der Waals surface area contributed by atoms with E-state index in [9.17, 15) is 4.79 Å². The molecular formula is C20H23N3O. The highest BCUT2D eigenvalue weighted by atomic mass is 16.2. The van der Waals surface area contributed by atoms with E-state index in [4.69, 9.17) is 0 Å². The molecule has 1 aromatic carbocycles. The Morgan fingerprint density at radius 1 is 1.12 bits per heavy atom. The number of nitrogens with zero attached hydrogens (tertiary/aromatic N) is 1. The molecule has 0 aliphatic heterocycles. The van der Waals surface area contributed by atoms with E-state index < -0.39 is 5.54 Å². The van der Waals surface area contributed by atoms with E-state index in [2.05, 4.69) is 28.3 Å². The summed E-state index contributed by atoms with van der Waals surface area (Å²) in [5.74, 6) is -0.105. The van der Waals surface area contributed by atoms with Gasteiger partial charge in [0.2, 0.25) is 0 Å². The summed E-state index contributed by atoms with van der Waals surface area (Å²) in [6.45, 7) is 9.96. The maximum Gasteiger partial charge on any atom is 0.268 e. The van der Waals surface area contributed by atoms with Crippen LogP contribution < -0.4 is 5.32 Å². The maximum absolute atomic E-state index is 12.8. The molecule has 0 radical (unpaired) electrons. The number of hydrogen-bond acceptors (Lipinski definition) is 2. The molecule has 3 rings (SSSR count). The van der Waals surface area contributed by atoms with Gasteiger partial charge < -0.3 is 10.3 Å². The van der Waals surface area contributed by atoms with Crippen LogP contribution in [0.4, 0.5) is 0 Å². The standard InChI is InChI=1S/C20H23N3O/c1-12-6-9-17-16(10-12)14(3)18(22-17)19(24)23-20(4,5)15-8-7-13(2)21-11-15/h6-11,22H,1-5H3,(H,23,24). The summed E-state index contributed by atoms with van der Waals surface area (Å²) in [6, 6.07) is 10.1. The normalized spacial score (nSPS) is 11.7. The topological polar surface area (TPSA) is 57.8 Å². The number of carbonyl (C=O) groups excluding carboxylic acids is 1. The fraction of sp³-hybridized carbons (Fsp3) is 0.300. The molecule has 2 aromatic heterocycles. The van der Waals surface area contributed by atoms with Crippen molar-refractivity contribution in [1.82, 2.24) is 15.3 Å². The number of pyridine rings is 1. The lowest BCUT2D eigenvalue weighted by atomic mass is 9.95. The summed E-state index contributed by atoms with van der Waals surface area (Å²) >= 11 is 0. The minimum Gasteiger partial charge on any atom is -0.350 e. The van der Waals surface area contributed by atoms with Gasteiger partial charge in [0.15, 0.2) is 0 Å². The smallest absolute Gasteiger partial charge is 0.268 e. The van der Waals surface area contributed by atoms with Crippen molar-refractivity contribution >= 4 is 16.8 Å². The molecule has 0 aliphatic rings. The van der Waals surface area contributed by atoms with Crippen LogP contribution in [0.3, 0.4) is 0 Å². The Morgan fingerprint density at radius 3 is 2.54 bits per heavy atom. The van der Waals surface area contributed by atoms with Crippen LogP contribution in [0, 0.1) is 20.8 Å². The third kappa shape index (κ3) is 2.92. The molecule has 0 spiro atoms. The highest BCUT2D eigenvalue weighted by Gasteiger charge is 2.25. The molecule has 4 heteroatoms. The van der Waals surface area contributed by atoms with Crippen LogP contribution in [0.25, 0.3) is 10.9 Å². The molecule has 24 heavy (non-hydrogen) atoms. The van der Waals surface area contributed by atoms with Gasteiger partial charge >= 0.3 is 0 Å². The average Bonchev–Trinajstić information content (AvgIpc) is 2.84. The Hall–Kier alpha value is -2.62. The number of amides is 1. The number of aryl methyl sites for hydroxylation is 3. The summed E-state index contributed by atoms with van der Waals surface area (Å²) in [7, 11) is 0. The van der Waals surface area contributed by atoms with Crippen LogP contribution in [0.5, 0.6) is 0 Å². The number of carbonyl (C=O) groups is 1. The Balaban J connectivity index is 1.92. The zero-order chi connectivity index (χ0) is 17.5. The Morgan fingerprint density at radius 2 is 1.88 bits per heavy atom. The largest absolute Gasteiger partial charge is 0.350 e. The van der Waals surface area contributed by atoms with Crippen LogP contribution in [0.2, 0.25) is 0 Å². The Kier molecular flexibility index (Phi) is 3.91. The molecule has 124 valence electrons. The number of aromatic nitrogens is 2. The van der Waals surface area contributed by atoms with Crippen molar-refractivity contribution in [1.29, 1.82) is 0 Å². The van der Waals surface area contributed by atoms with Crippen LogP contribution in [0.1, 0.15) is 46.7 Å². The number of fused-ring (bicyclic) bond motifs is 1. The number of benzene rings is 1. The lowest BCUT2D eigenvalue weighted by Gasteiger charge is -2.26. The number of nitrogens with one attached hydrogen (secondary N) is 2. The zero-order valence-electron chi connectivity index (χ0n) is 14.8. The van der Waals surface area contributed by atoms with Crippen molar-refractivity contribution in [2.45, 2.75) is 40.2 Å². The van der Waals surface area contributed by atoms with Crippen molar-refractivity contribution < 1.29 is 4.79 Å². The van der Waals surface area contributed by atoms with Crippen molar-refractivity contribution in [2.75, 3.05) is 0 Å². The first-order valence-electron chi connectivity index (χ1n) is 8.12. The van der Waals surface area contributed by atoms with Crippen molar-refractivity contribution in [3.63, 3.8) is 0 Å². The first-order valence-corrected chi connectivity index (χ1v) is 8.12. The second kappa shape index (κ2) is 5.78. The second-order valence-electron chi connectivity index (χ2n) is 6.94. The molecule has 2 N–H and O–H groups in total. The lowest BCUT2D eigenvalue weighted by molar-refractivity contribution is 0.0907. The Labute approximate surface area is 142 Å². The number of hydrogen-bond donors (Lipinski definition) is 2. The summed E-state index contributed by atoms with van der Waals surface area (Å²) in [5, 5.41) is 4.21. The van der Waals surface area contributed by atoms with E-state index in [1.807, 2.05) is 58.2 Å². The fourth-order valence-corrected chi connectivity index (χ4v) is 2.92. The number of H-pyrrole nitrogens is 1. The summed E-state index contributed by atoms with van der Waals surface area (Å²) < 4.78 is 0. The van der Waals surface area contributed by atoms with Crippen molar-refractivity contribution in [3.05, 3.63) is 64.6 Å². The third-order valence-corrected chi connectivity index (χ3v) is 4.50.